The highest BCUT2D eigenvalue weighted by Gasteiger charge is 2.64. The maximum absolute atomic E-state index is 14.1. The molecule has 3 amide bonds. The Morgan fingerprint density at radius 2 is 1.54 bits per heavy atom. The monoisotopic (exact) mass is 666 g/mol. The van der Waals surface area contributed by atoms with Gasteiger partial charge >= 0.3 is 5.97 Å². The third-order valence-electron chi connectivity index (χ3n) is 8.17. The van der Waals surface area contributed by atoms with Crippen LogP contribution in [0.5, 0.6) is 5.75 Å². The van der Waals surface area contributed by atoms with Crippen LogP contribution in [0.3, 0.4) is 0 Å². The molecule has 242 valence electrons. The van der Waals surface area contributed by atoms with Crippen molar-refractivity contribution < 1.29 is 37.8 Å². The number of rotatable bonds is 10. The molecule has 3 aromatic rings. The second-order valence-electron chi connectivity index (χ2n) is 11.8. The number of aryl methyl sites for hydroxylation is 1. The van der Waals surface area contributed by atoms with Gasteiger partial charge in [-0.15, -0.1) is 11.8 Å². The molecule has 0 aromatic heterocycles. The zero-order valence-corrected chi connectivity index (χ0v) is 27.1. The summed E-state index contributed by atoms with van der Waals surface area (Å²) in [4.78, 5) is 54.2. The van der Waals surface area contributed by atoms with Gasteiger partial charge in [-0.3, -0.25) is 14.4 Å². The number of aliphatic carboxylic acids is 1. The molecule has 12 nitrogen and oxygen atoms in total. The van der Waals surface area contributed by atoms with Crippen LogP contribution in [-0.4, -0.2) is 80.8 Å². The molecule has 3 aromatic carbocycles. The highest BCUT2D eigenvalue weighted by Crippen LogP contribution is 2.50. The second kappa shape index (κ2) is 12.4. The molecule has 5 rings (SSSR count). The summed E-state index contributed by atoms with van der Waals surface area (Å²) in [6.07, 6.45) is 0. The number of nitrogens with one attached hydrogen (secondary N) is 2. The molecular formula is C32H34N4O8S2. The summed E-state index contributed by atoms with van der Waals surface area (Å²) in [5.74, 6) is -3.39. The van der Waals surface area contributed by atoms with Crippen LogP contribution >= 0.6 is 11.8 Å². The number of hydrogen-bond donors (Lipinski definition) is 4. The van der Waals surface area contributed by atoms with Gasteiger partial charge in [0.05, 0.1) is 4.90 Å². The van der Waals surface area contributed by atoms with E-state index in [0.29, 0.717) is 5.56 Å². The van der Waals surface area contributed by atoms with Crippen molar-refractivity contribution in [1.82, 2.24) is 19.8 Å². The van der Waals surface area contributed by atoms with Crippen molar-refractivity contribution >= 4 is 45.5 Å². The number of thioether (sulfide) groups is 1. The number of amides is 3. The Morgan fingerprint density at radius 3 is 2.13 bits per heavy atom. The van der Waals surface area contributed by atoms with Crippen LogP contribution in [0.15, 0.2) is 83.8 Å². The van der Waals surface area contributed by atoms with Crippen molar-refractivity contribution in [3.63, 3.8) is 0 Å². The molecule has 2 aliphatic heterocycles. The number of sulfonamides is 1. The van der Waals surface area contributed by atoms with Gasteiger partial charge in [-0.25, -0.2) is 13.2 Å². The van der Waals surface area contributed by atoms with Gasteiger partial charge in [-0.05, 0) is 56.2 Å². The highest BCUT2D eigenvalue weighted by atomic mass is 32.2. The van der Waals surface area contributed by atoms with Gasteiger partial charge in [0.1, 0.15) is 35.3 Å². The van der Waals surface area contributed by atoms with Gasteiger partial charge in [0.2, 0.25) is 27.7 Å². The first-order chi connectivity index (χ1) is 21.6. The van der Waals surface area contributed by atoms with E-state index < -0.39 is 68.0 Å². The standard InChI is InChI=1S/C32H34N4O8S2/c1-18-10-16-22(17-11-18)46(43,44)35(4)25(20-8-6-5-7-9-20)28(39)33-23(19-12-14-21(37)15-13-19)27(38)34-24-29(40)36-26(31(41)42)32(2,3)45-30(24)36/h5-17,23-26,30,37H,1-4H3,(H,33,39)(H,34,38)(H,41,42)/t23?,24-,25?,26+,30-/m1/s1. The number of nitrogens with zero attached hydrogens (tertiary/aromatic N) is 2. The molecule has 0 bridgehead atoms. The number of carboxylic acid groups (broad SMARTS) is 1. The quantitative estimate of drug-likeness (QED) is 0.237. The predicted molar refractivity (Wildman–Crippen MR) is 170 cm³/mol. The van der Waals surface area contributed by atoms with Crippen LogP contribution in [0.2, 0.25) is 0 Å². The first-order valence-electron chi connectivity index (χ1n) is 14.4. The maximum atomic E-state index is 14.1. The molecule has 0 radical (unpaired) electrons. The number of carbonyl (C=O) groups excluding carboxylic acids is 3. The second-order valence-corrected chi connectivity index (χ2v) is 15.5. The molecule has 0 saturated carbocycles. The number of phenolic OH excluding ortho intramolecular Hbond substituents is 1. The molecule has 4 N–H and O–H groups in total. The Kier molecular flexibility index (Phi) is 8.90. The molecule has 0 aliphatic carbocycles. The van der Waals surface area contributed by atoms with E-state index in [2.05, 4.69) is 10.6 Å². The molecule has 2 aliphatic rings. The van der Waals surface area contributed by atoms with E-state index in [0.717, 1.165) is 9.87 Å². The Morgan fingerprint density at radius 1 is 0.935 bits per heavy atom. The van der Waals surface area contributed by atoms with Crippen LogP contribution in [0.1, 0.15) is 42.6 Å². The van der Waals surface area contributed by atoms with Crippen molar-refractivity contribution in [3.8, 4) is 5.75 Å². The molecule has 14 heteroatoms. The Labute approximate surface area is 270 Å². The lowest BCUT2D eigenvalue weighted by Crippen LogP contribution is -2.71. The first kappa shape index (κ1) is 33.0. The Balaban J connectivity index is 1.45. The van der Waals surface area contributed by atoms with E-state index in [9.17, 15) is 37.8 Å². The van der Waals surface area contributed by atoms with Gasteiger partial charge in [-0.2, -0.15) is 4.31 Å². The van der Waals surface area contributed by atoms with E-state index in [1.807, 2.05) is 6.92 Å². The summed E-state index contributed by atoms with van der Waals surface area (Å²) in [6.45, 7) is 5.25. The molecule has 2 saturated heterocycles. The lowest BCUT2D eigenvalue weighted by Gasteiger charge is -2.44. The van der Waals surface area contributed by atoms with E-state index in [1.165, 1.54) is 60.1 Å². The smallest absolute Gasteiger partial charge is 0.327 e. The number of likely N-dealkylation sites (N-methyl/N-ethyl adjacent to an activating group) is 1. The first-order valence-corrected chi connectivity index (χ1v) is 16.7. The number of aromatic hydroxyl groups is 1. The van der Waals surface area contributed by atoms with E-state index in [-0.39, 0.29) is 16.2 Å². The third-order valence-corrected chi connectivity index (χ3v) is 11.6. The molecule has 2 heterocycles. The highest BCUT2D eigenvalue weighted by molar-refractivity contribution is 8.01. The van der Waals surface area contributed by atoms with Crippen LogP contribution in [0.4, 0.5) is 0 Å². The number of carbonyl (C=O) groups is 4. The number of hydrogen-bond acceptors (Lipinski definition) is 8. The van der Waals surface area contributed by atoms with E-state index >= 15 is 0 Å². The van der Waals surface area contributed by atoms with Crippen LogP contribution < -0.4 is 10.6 Å². The molecule has 46 heavy (non-hydrogen) atoms. The number of phenols is 1. The SMILES string of the molecule is Cc1ccc(S(=O)(=O)N(C)C(C(=O)NC(C(=O)N[C@@H]2C(=O)N3[C@@H]2SC(C)(C)[C@@H]3C(=O)O)c2ccc(O)cc2)c2ccccc2)cc1. The summed E-state index contributed by atoms with van der Waals surface area (Å²) in [6, 6.07) is 15.0. The summed E-state index contributed by atoms with van der Waals surface area (Å²) >= 11 is 1.25. The van der Waals surface area contributed by atoms with E-state index in [4.69, 9.17) is 0 Å². The van der Waals surface area contributed by atoms with Gasteiger partial charge in [0.25, 0.3) is 0 Å². The largest absolute Gasteiger partial charge is 0.508 e. The fraction of sp³-hybridized carbons (Fsp3) is 0.312. The van der Waals surface area contributed by atoms with Crippen molar-refractivity contribution in [1.29, 1.82) is 0 Å². The zero-order valence-electron chi connectivity index (χ0n) is 25.4. The predicted octanol–water partition coefficient (Wildman–Crippen LogP) is 2.55. The molecule has 2 unspecified atom stereocenters. The lowest BCUT2D eigenvalue weighted by atomic mass is 9.95. The Bertz CT molecular complexity index is 1770. The molecule has 5 atom stereocenters. The molecule has 2 fully saturated rings. The van der Waals surface area contributed by atoms with Crippen LogP contribution in [0.25, 0.3) is 0 Å². The number of β-lactam (4-membered cyclic amide) rings is 1. The van der Waals surface area contributed by atoms with Crippen molar-refractivity contribution in [2.75, 3.05) is 7.05 Å². The van der Waals surface area contributed by atoms with Crippen molar-refractivity contribution in [2.45, 2.75) is 60.0 Å². The molecular weight excluding hydrogens is 633 g/mol. The fourth-order valence-corrected chi connectivity index (χ4v) is 8.68. The van der Waals surface area contributed by atoms with Gasteiger partial charge < -0.3 is 25.7 Å². The van der Waals surface area contributed by atoms with Crippen molar-refractivity contribution in [2.24, 2.45) is 0 Å². The van der Waals surface area contributed by atoms with E-state index in [1.54, 1.807) is 56.3 Å². The number of carboxylic acids is 1. The van der Waals surface area contributed by atoms with Gasteiger partial charge in [-0.1, -0.05) is 60.2 Å². The summed E-state index contributed by atoms with van der Waals surface area (Å²) in [5.41, 5.74) is 1.45. The minimum Gasteiger partial charge on any atom is -0.508 e. The maximum Gasteiger partial charge on any atom is 0.327 e. The number of fused-ring (bicyclic) bond motifs is 1. The Hall–Kier alpha value is -4.40. The fourth-order valence-electron chi connectivity index (χ4n) is 5.75. The normalized spacial score (nSPS) is 21.5. The lowest BCUT2D eigenvalue weighted by molar-refractivity contribution is -0.161. The van der Waals surface area contributed by atoms with Crippen LogP contribution in [0, 0.1) is 6.92 Å². The van der Waals surface area contributed by atoms with Crippen molar-refractivity contribution in [3.05, 3.63) is 95.6 Å². The summed E-state index contributed by atoms with van der Waals surface area (Å²) in [7, 11) is -2.91. The minimum absolute atomic E-state index is 0.0214. The number of benzene rings is 3. The summed E-state index contributed by atoms with van der Waals surface area (Å²) in [5, 5.41) is 24.3. The molecule has 0 spiro atoms. The van der Waals surface area contributed by atoms with Crippen LogP contribution in [-0.2, 0) is 29.2 Å². The average Bonchev–Trinajstić information content (AvgIpc) is 3.27. The minimum atomic E-state index is -4.19. The summed E-state index contributed by atoms with van der Waals surface area (Å²) < 4.78 is 27.5. The third kappa shape index (κ3) is 6.07. The zero-order chi connectivity index (χ0) is 33.6. The van der Waals surface area contributed by atoms with Gasteiger partial charge in [0.15, 0.2) is 0 Å². The topological polar surface area (TPSA) is 173 Å². The average molecular weight is 667 g/mol. The van der Waals surface area contributed by atoms with Gasteiger partial charge in [0, 0.05) is 11.8 Å².